The first-order valence-corrected chi connectivity index (χ1v) is 11.8. The van der Waals surface area contributed by atoms with Crippen LogP contribution in [0.1, 0.15) is 60.5 Å². The van der Waals surface area contributed by atoms with Crippen LogP contribution in [0, 0.1) is 5.92 Å². The van der Waals surface area contributed by atoms with E-state index in [0.717, 1.165) is 57.4 Å². The van der Waals surface area contributed by atoms with E-state index in [1.54, 1.807) is 0 Å². The number of rotatable bonds is 3. The molecule has 0 radical (unpaired) electrons. The predicted molar refractivity (Wildman–Crippen MR) is 120 cm³/mol. The van der Waals surface area contributed by atoms with Gasteiger partial charge in [0.1, 0.15) is 5.52 Å². The van der Waals surface area contributed by atoms with Crippen molar-refractivity contribution in [2.45, 2.75) is 57.4 Å². The highest BCUT2D eigenvalue weighted by molar-refractivity contribution is 5.80. The van der Waals surface area contributed by atoms with Gasteiger partial charge in [0.2, 0.25) is 5.91 Å². The molecule has 6 nitrogen and oxygen atoms in total. The number of hydrogen-bond acceptors (Lipinski definition) is 4. The fraction of sp³-hybridized carbons (Fsp3) is 0.480. The summed E-state index contributed by atoms with van der Waals surface area (Å²) in [7, 11) is 0. The molecular weight excluding hydrogens is 386 g/mol. The molecule has 1 aromatic carbocycles. The van der Waals surface area contributed by atoms with Crippen LogP contribution in [-0.4, -0.2) is 33.6 Å². The molecule has 1 saturated heterocycles. The highest BCUT2D eigenvalue weighted by Gasteiger charge is 2.31. The Morgan fingerprint density at radius 2 is 1.87 bits per heavy atom. The fourth-order valence-corrected chi connectivity index (χ4v) is 5.73. The largest absolute Gasteiger partial charge is 0.355 e. The first-order valence-electron chi connectivity index (χ1n) is 11.8. The molecular formula is C25H29N5O. The van der Waals surface area contributed by atoms with Crippen LogP contribution < -0.4 is 10.2 Å². The molecule has 6 heteroatoms. The van der Waals surface area contributed by atoms with E-state index >= 15 is 0 Å². The standard InChI is InChI=1S/C25H29N5O/c31-25(27-21-10-9-17-5-1-2-6-19(17)21)18-11-14-29(15-12-18)24-23-20-7-3-4-8-22(20)28-30(23)16-13-26-24/h1-2,5-6,13,16,18,21H,3-4,7-12,14-15H2,(H,27,31)/t21-/m0/s1. The number of anilines is 1. The first kappa shape index (κ1) is 18.8. The van der Waals surface area contributed by atoms with Crippen molar-refractivity contribution < 1.29 is 4.79 Å². The van der Waals surface area contributed by atoms with Gasteiger partial charge in [-0.1, -0.05) is 24.3 Å². The predicted octanol–water partition coefficient (Wildman–Crippen LogP) is 3.63. The van der Waals surface area contributed by atoms with Gasteiger partial charge in [-0.05, 0) is 62.5 Å². The van der Waals surface area contributed by atoms with E-state index < -0.39 is 0 Å². The lowest BCUT2D eigenvalue weighted by atomic mass is 9.94. The zero-order chi connectivity index (χ0) is 20.8. The molecule has 2 aliphatic carbocycles. The number of piperidine rings is 1. The molecule has 0 saturated carbocycles. The first-order chi connectivity index (χ1) is 15.3. The number of fused-ring (bicyclic) bond motifs is 4. The number of nitrogens with zero attached hydrogens (tertiary/aromatic N) is 4. The maximum Gasteiger partial charge on any atom is 0.223 e. The van der Waals surface area contributed by atoms with Crippen molar-refractivity contribution in [2.24, 2.45) is 5.92 Å². The van der Waals surface area contributed by atoms with Gasteiger partial charge in [0.15, 0.2) is 5.82 Å². The highest BCUT2D eigenvalue weighted by atomic mass is 16.2. The number of aryl methyl sites for hydroxylation is 3. The van der Waals surface area contributed by atoms with Crippen molar-refractivity contribution in [2.75, 3.05) is 18.0 Å². The van der Waals surface area contributed by atoms with Crippen molar-refractivity contribution in [3.63, 3.8) is 0 Å². The van der Waals surface area contributed by atoms with Crippen LogP contribution in [0.15, 0.2) is 36.7 Å². The van der Waals surface area contributed by atoms with Crippen LogP contribution in [0.5, 0.6) is 0 Å². The summed E-state index contributed by atoms with van der Waals surface area (Å²) in [6.45, 7) is 1.73. The number of aromatic nitrogens is 3. The molecule has 3 heterocycles. The summed E-state index contributed by atoms with van der Waals surface area (Å²) in [6, 6.07) is 8.68. The molecule has 6 rings (SSSR count). The van der Waals surface area contributed by atoms with E-state index in [0.29, 0.717) is 0 Å². The van der Waals surface area contributed by atoms with Gasteiger partial charge >= 0.3 is 0 Å². The molecule has 0 unspecified atom stereocenters. The molecule has 160 valence electrons. The van der Waals surface area contributed by atoms with E-state index in [2.05, 4.69) is 34.5 Å². The number of amides is 1. The van der Waals surface area contributed by atoms with Crippen molar-refractivity contribution in [1.29, 1.82) is 0 Å². The Balaban J connectivity index is 1.15. The summed E-state index contributed by atoms with van der Waals surface area (Å²) in [5.41, 5.74) is 6.49. The topological polar surface area (TPSA) is 62.5 Å². The maximum absolute atomic E-state index is 13.0. The Labute approximate surface area is 182 Å². The van der Waals surface area contributed by atoms with Crippen LogP contribution in [0.2, 0.25) is 0 Å². The lowest BCUT2D eigenvalue weighted by molar-refractivity contribution is -0.126. The molecule has 1 atom stereocenters. The minimum Gasteiger partial charge on any atom is -0.355 e. The lowest BCUT2D eigenvalue weighted by Crippen LogP contribution is -2.41. The summed E-state index contributed by atoms with van der Waals surface area (Å²) >= 11 is 0. The van der Waals surface area contributed by atoms with Gasteiger partial charge in [-0.2, -0.15) is 5.10 Å². The van der Waals surface area contributed by atoms with Crippen molar-refractivity contribution in [3.8, 4) is 0 Å². The molecule has 0 spiro atoms. The van der Waals surface area contributed by atoms with Gasteiger partial charge in [-0.15, -0.1) is 0 Å². The van der Waals surface area contributed by atoms with Gasteiger partial charge < -0.3 is 10.2 Å². The second-order valence-corrected chi connectivity index (χ2v) is 9.24. The number of carbonyl (C=O) groups is 1. The van der Waals surface area contributed by atoms with Crippen LogP contribution in [-0.2, 0) is 24.1 Å². The Kier molecular flexibility index (Phi) is 4.66. The summed E-state index contributed by atoms with van der Waals surface area (Å²) in [5, 5.41) is 8.15. The number of nitrogens with one attached hydrogen (secondary N) is 1. The van der Waals surface area contributed by atoms with Gasteiger partial charge in [0, 0.05) is 37.0 Å². The van der Waals surface area contributed by atoms with Crippen LogP contribution >= 0.6 is 0 Å². The Bertz CT molecular complexity index is 1130. The molecule has 31 heavy (non-hydrogen) atoms. The van der Waals surface area contributed by atoms with Crippen LogP contribution in [0.25, 0.3) is 5.52 Å². The molecule has 3 aliphatic rings. The number of hydrogen-bond donors (Lipinski definition) is 1. The summed E-state index contributed by atoms with van der Waals surface area (Å²) in [5.74, 6) is 1.35. The fourth-order valence-electron chi connectivity index (χ4n) is 5.73. The van der Waals surface area contributed by atoms with Gasteiger partial charge in [0.25, 0.3) is 0 Å². The Morgan fingerprint density at radius 3 is 2.77 bits per heavy atom. The van der Waals surface area contributed by atoms with Crippen molar-refractivity contribution in [1.82, 2.24) is 19.9 Å². The monoisotopic (exact) mass is 415 g/mol. The average Bonchev–Trinajstić information content (AvgIpc) is 3.40. The molecule has 1 amide bonds. The smallest absolute Gasteiger partial charge is 0.223 e. The normalized spacial score (nSPS) is 21.2. The second kappa shape index (κ2) is 7.66. The zero-order valence-corrected chi connectivity index (χ0v) is 17.9. The van der Waals surface area contributed by atoms with E-state index in [9.17, 15) is 4.79 Å². The third kappa shape index (κ3) is 3.29. The highest BCUT2D eigenvalue weighted by Crippen LogP contribution is 2.34. The molecule has 1 fully saturated rings. The van der Waals surface area contributed by atoms with Crippen molar-refractivity contribution >= 4 is 17.2 Å². The second-order valence-electron chi connectivity index (χ2n) is 9.24. The SMILES string of the molecule is O=C(N[C@H]1CCc2ccccc21)C1CCN(c2nccn3nc4c(c23)CCCC4)CC1. The average molecular weight is 416 g/mol. The number of carbonyl (C=O) groups excluding carboxylic acids is 1. The van der Waals surface area contributed by atoms with Crippen LogP contribution in [0.3, 0.4) is 0 Å². The van der Waals surface area contributed by atoms with Crippen LogP contribution in [0.4, 0.5) is 5.82 Å². The summed E-state index contributed by atoms with van der Waals surface area (Å²) in [6.07, 6.45) is 12.3. The molecule has 1 N–H and O–H groups in total. The number of benzene rings is 1. The Morgan fingerprint density at radius 1 is 1.03 bits per heavy atom. The molecule has 2 aromatic heterocycles. The summed E-state index contributed by atoms with van der Waals surface area (Å²) < 4.78 is 2.02. The molecule has 0 bridgehead atoms. The van der Waals surface area contributed by atoms with Crippen molar-refractivity contribution in [3.05, 3.63) is 59.0 Å². The molecule has 1 aliphatic heterocycles. The van der Waals surface area contributed by atoms with E-state index in [4.69, 9.17) is 10.1 Å². The lowest BCUT2D eigenvalue weighted by Gasteiger charge is -2.33. The van der Waals surface area contributed by atoms with Gasteiger partial charge in [0.05, 0.1) is 11.7 Å². The van der Waals surface area contributed by atoms with E-state index in [1.807, 2.05) is 16.9 Å². The van der Waals surface area contributed by atoms with Gasteiger partial charge in [-0.3, -0.25) is 4.79 Å². The quantitative estimate of drug-likeness (QED) is 0.710. The Hall–Kier alpha value is -2.89. The maximum atomic E-state index is 13.0. The molecule has 3 aromatic rings. The van der Waals surface area contributed by atoms with Gasteiger partial charge in [-0.25, -0.2) is 9.50 Å². The summed E-state index contributed by atoms with van der Waals surface area (Å²) in [4.78, 5) is 20.1. The minimum absolute atomic E-state index is 0.0857. The minimum atomic E-state index is 0.0857. The third-order valence-corrected chi connectivity index (χ3v) is 7.41. The van der Waals surface area contributed by atoms with E-state index in [-0.39, 0.29) is 17.9 Å². The zero-order valence-electron chi connectivity index (χ0n) is 17.9. The van der Waals surface area contributed by atoms with E-state index in [1.165, 1.54) is 40.7 Å². The third-order valence-electron chi connectivity index (χ3n) is 7.41.